The van der Waals surface area contributed by atoms with Gasteiger partial charge in [0.2, 0.25) is 0 Å². The Kier molecular flexibility index (Phi) is 1150. The summed E-state index contributed by atoms with van der Waals surface area (Å²) in [6.07, 6.45) is 0. The first-order valence-corrected chi connectivity index (χ1v) is 0. The van der Waals surface area contributed by atoms with Crippen LogP contribution in [0.1, 0.15) is 0 Å². The van der Waals surface area contributed by atoms with Crippen LogP contribution in [-0.4, -0.2) is 48.1 Å². The summed E-state index contributed by atoms with van der Waals surface area (Å²) in [5.74, 6) is 0. The Morgan fingerprint density at radius 3 is 0.625 bits per heavy atom. The van der Waals surface area contributed by atoms with E-state index in [1.165, 1.54) is 0 Å². The quantitative estimate of drug-likeness (QED) is 0.236. The average Bonchev–Trinajstić information content (AvgIpc) is 0. The Morgan fingerprint density at radius 1 is 0.625 bits per heavy atom. The summed E-state index contributed by atoms with van der Waals surface area (Å²) in [5.41, 5.74) is 0. The third kappa shape index (κ3) is 59.3. The minimum absolute atomic E-state index is 0. The Morgan fingerprint density at radius 2 is 0.625 bits per heavy atom. The summed E-state index contributed by atoms with van der Waals surface area (Å²) >= 11 is 0. The number of rotatable bonds is 0. The van der Waals surface area contributed by atoms with Gasteiger partial charge in [-0.25, -0.2) is 0 Å². The maximum absolute atomic E-state index is 0. The molecular weight excluding hydrogens is 663 g/mol. The maximum atomic E-state index is 0. The topological polar surface area (TPSA) is 126 Å². The van der Waals surface area contributed by atoms with Gasteiger partial charge in [-0.2, -0.15) is 0 Å². The molecule has 0 fully saturated rings. The van der Waals surface area contributed by atoms with Gasteiger partial charge >= 0.3 is 0 Å². The Bertz CT molecular complexity index is 16.0. The molecule has 3 radical (unpaired) electrons. The smallest absolute Gasteiger partial charge is 0 e. The zero-order valence-corrected chi connectivity index (χ0v) is 13.8. The van der Waals surface area contributed by atoms with Gasteiger partial charge in [-0.3, -0.25) is 0 Å². The molecule has 0 unspecified atom stereocenters. The van der Waals surface area contributed by atoms with E-state index in [4.69, 9.17) is 0 Å². The molecule has 4 nitrogen and oxygen atoms in total. The second-order valence-corrected chi connectivity index (χ2v) is 0. The van der Waals surface area contributed by atoms with Gasteiger partial charge in [-0.05, 0) is 0 Å². The molecular formula is H8BiFeO4SmW. The summed E-state index contributed by atoms with van der Waals surface area (Å²) in [6.45, 7) is 0. The molecule has 8 heavy (non-hydrogen) atoms. The first kappa shape index (κ1) is 111. The Labute approximate surface area is 124 Å². The average molecular weight is 671 g/mol. The second kappa shape index (κ2) is 82.6. The van der Waals surface area contributed by atoms with Gasteiger partial charge in [0, 0.05) is 105 Å². The molecule has 0 saturated carbocycles. The van der Waals surface area contributed by atoms with Crippen LogP contribution in [0.15, 0.2) is 0 Å². The van der Waals surface area contributed by atoms with Crippen molar-refractivity contribution in [2.75, 3.05) is 0 Å². The molecule has 0 heterocycles. The van der Waals surface area contributed by atoms with Crippen LogP contribution < -0.4 is 0 Å². The van der Waals surface area contributed by atoms with E-state index in [1.54, 1.807) is 0 Å². The monoisotopic (exact) mass is 673 g/mol. The molecule has 0 aromatic carbocycles. The van der Waals surface area contributed by atoms with Crippen molar-refractivity contribution in [2.45, 2.75) is 0 Å². The molecule has 0 bridgehead atoms. The van der Waals surface area contributed by atoms with E-state index < -0.39 is 0 Å². The van der Waals surface area contributed by atoms with E-state index in [2.05, 4.69) is 0 Å². The van der Waals surface area contributed by atoms with Crippen LogP contribution in [0, 0.1) is 40.4 Å². The zero-order valence-electron chi connectivity index (χ0n) is 3.62. The predicted octanol–water partition coefficient (Wildman–Crippen LogP) is -3.68. The van der Waals surface area contributed by atoms with Gasteiger partial charge < -0.3 is 21.9 Å². The largest absolute Gasteiger partial charge is 0.412 e. The Hall–Kier alpha value is 3.27. The van der Waals surface area contributed by atoms with Gasteiger partial charge in [0.25, 0.3) is 0 Å². The summed E-state index contributed by atoms with van der Waals surface area (Å²) in [7, 11) is 0. The maximum Gasteiger partial charge on any atom is 0 e. The van der Waals surface area contributed by atoms with Crippen LogP contribution >= 0.6 is 0 Å². The normalized spacial score (nSPS) is 0. The molecule has 0 saturated heterocycles. The minimum Gasteiger partial charge on any atom is -0.412 e. The van der Waals surface area contributed by atoms with Crippen LogP contribution in [0.2, 0.25) is 0 Å². The fourth-order valence-electron chi connectivity index (χ4n) is 0. The third-order valence-electron chi connectivity index (χ3n) is 0. The number of hydrogen-bond donors (Lipinski definition) is 0. The van der Waals surface area contributed by atoms with E-state index in [0.29, 0.717) is 0 Å². The van der Waals surface area contributed by atoms with Crippen LogP contribution in [0.5, 0.6) is 0 Å². The van der Waals surface area contributed by atoms with Gasteiger partial charge in [-0.1, -0.05) is 0 Å². The van der Waals surface area contributed by atoms with Gasteiger partial charge in [0.05, 0.1) is 0 Å². The molecule has 0 aliphatic carbocycles. The fraction of sp³-hybridized carbons (Fsp3) is 0. The third-order valence-corrected chi connectivity index (χ3v) is 0. The van der Waals surface area contributed by atoms with Crippen molar-refractivity contribution in [2.24, 2.45) is 0 Å². The summed E-state index contributed by atoms with van der Waals surface area (Å²) in [6, 6.07) is 0. The summed E-state index contributed by atoms with van der Waals surface area (Å²) in [4.78, 5) is 0. The van der Waals surface area contributed by atoms with Crippen LogP contribution in [0.3, 0.4) is 0 Å². The van der Waals surface area contributed by atoms with Crippen molar-refractivity contribution in [1.29, 1.82) is 0 Å². The second-order valence-electron chi connectivity index (χ2n) is 0. The van der Waals surface area contributed by atoms with Crippen molar-refractivity contribution in [1.82, 2.24) is 0 Å². The van der Waals surface area contributed by atoms with E-state index in [9.17, 15) is 0 Å². The number of hydrogen-bond acceptors (Lipinski definition) is 0. The molecule has 8 heteroatoms. The fourth-order valence-corrected chi connectivity index (χ4v) is 0. The van der Waals surface area contributed by atoms with Crippen molar-refractivity contribution < 1.29 is 100 Å². The van der Waals surface area contributed by atoms with E-state index in [-0.39, 0.29) is 127 Å². The molecule has 0 aromatic rings. The predicted molar refractivity (Wildman–Crippen MR) is 20.2 cm³/mol. The van der Waals surface area contributed by atoms with Crippen LogP contribution in [0.25, 0.3) is 0 Å². The Balaban J connectivity index is 0. The summed E-state index contributed by atoms with van der Waals surface area (Å²) < 4.78 is 0. The van der Waals surface area contributed by atoms with Gasteiger partial charge in [0.1, 0.15) is 0 Å². The molecule has 0 aromatic heterocycles. The molecule has 8 N–H and O–H groups in total. The SMILES string of the molecule is O.O.O.O.[Bi].[Fe].[Sm].[W]. The first-order chi connectivity index (χ1) is 0. The van der Waals surface area contributed by atoms with Crippen LogP contribution in [0.4, 0.5) is 0 Å². The molecule has 0 amide bonds. The standard InChI is InChI=1S/Bi.Fe.4H2O.Sm.W/h;;4*1H2;;. The minimum atomic E-state index is 0. The molecule has 0 aliphatic rings. The molecule has 0 atom stereocenters. The molecule has 0 aliphatic heterocycles. The molecule has 57 valence electrons. The molecule has 0 spiro atoms. The zero-order chi connectivity index (χ0) is 0. The van der Waals surface area contributed by atoms with Crippen molar-refractivity contribution in [3.8, 4) is 0 Å². The van der Waals surface area contributed by atoms with Crippen molar-refractivity contribution in [3.05, 3.63) is 0 Å². The summed E-state index contributed by atoms with van der Waals surface area (Å²) in [5, 5.41) is 0. The first-order valence-electron chi connectivity index (χ1n) is 0. The van der Waals surface area contributed by atoms with Crippen LogP contribution in [-0.2, 0) is 38.1 Å². The van der Waals surface area contributed by atoms with E-state index >= 15 is 0 Å². The van der Waals surface area contributed by atoms with Crippen molar-refractivity contribution >= 4 is 26.2 Å². The molecule has 0 rings (SSSR count). The van der Waals surface area contributed by atoms with Crippen molar-refractivity contribution in [3.63, 3.8) is 0 Å². The van der Waals surface area contributed by atoms with E-state index in [1.807, 2.05) is 0 Å². The van der Waals surface area contributed by atoms with Gasteiger partial charge in [0.15, 0.2) is 0 Å². The van der Waals surface area contributed by atoms with Gasteiger partial charge in [-0.15, -0.1) is 0 Å². The van der Waals surface area contributed by atoms with E-state index in [0.717, 1.165) is 0 Å².